The topological polar surface area (TPSA) is 85.8 Å². The summed E-state index contributed by atoms with van der Waals surface area (Å²) >= 11 is 0. The van der Waals surface area contributed by atoms with Crippen molar-refractivity contribution in [2.24, 2.45) is 19.2 Å². The van der Waals surface area contributed by atoms with Gasteiger partial charge >= 0.3 is 0 Å². The second-order valence-electron chi connectivity index (χ2n) is 5.89. The summed E-state index contributed by atoms with van der Waals surface area (Å²) in [6, 6.07) is 1.20. The number of aryl methyl sites for hydroxylation is 4. The molecule has 3 aromatic rings. The van der Waals surface area contributed by atoms with Crippen molar-refractivity contribution >= 4 is 12.2 Å². The molecule has 0 unspecified atom stereocenters. The van der Waals surface area contributed by atoms with Crippen LogP contribution in [0.5, 0.6) is 0 Å². The van der Waals surface area contributed by atoms with Gasteiger partial charge in [0.15, 0.2) is 0 Å². The van der Waals surface area contributed by atoms with Crippen molar-refractivity contribution in [1.82, 2.24) is 29.5 Å². The molecule has 0 aromatic carbocycles. The maximum atomic E-state index is 13.9. The number of halogens is 3. The molecule has 3 aromatic heterocycles. The van der Waals surface area contributed by atoms with Gasteiger partial charge in [0.1, 0.15) is 5.69 Å². The average molecular weight is 378 g/mol. The summed E-state index contributed by atoms with van der Waals surface area (Å²) in [5.41, 5.74) is 4.16. The molecule has 27 heavy (non-hydrogen) atoms. The van der Waals surface area contributed by atoms with E-state index in [1.54, 1.807) is 31.8 Å². The monoisotopic (exact) mass is 378 g/mol. The van der Waals surface area contributed by atoms with Crippen LogP contribution < -0.4 is 5.43 Å². The second-order valence-corrected chi connectivity index (χ2v) is 5.89. The summed E-state index contributed by atoms with van der Waals surface area (Å²) in [6.45, 7) is 3.38. The quantitative estimate of drug-likeness (QED) is 0.545. The normalized spacial score (nSPS) is 11.7. The lowest BCUT2D eigenvalue weighted by Crippen LogP contribution is -2.03. The van der Waals surface area contributed by atoms with E-state index < -0.39 is 18.1 Å². The van der Waals surface area contributed by atoms with E-state index in [-0.39, 0.29) is 17.2 Å². The van der Waals surface area contributed by atoms with E-state index in [1.165, 1.54) is 19.3 Å². The molecule has 8 nitrogen and oxygen atoms in total. The maximum absolute atomic E-state index is 13.9. The van der Waals surface area contributed by atoms with Crippen LogP contribution in [0.25, 0.3) is 11.3 Å². The first-order valence-electron chi connectivity index (χ1n) is 7.92. The van der Waals surface area contributed by atoms with Crippen molar-refractivity contribution in [3.05, 3.63) is 40.9 Å². The van der Waals surface area contributed by atoms with Crippen LogP contribution in [-0.4, -0.2) is 35.7 Å². The Morgan fingerprint density at radius 3 is 2.44 bits per heavy atom. The third-order valence-electron chi connectivity index (χ3n) is 3.81. The Kier molecular flexibility index (Phi) is 4.93. The lowest BCUT2D eigenvalue weighted by Gasteiger charge is -2.06. The Bertz CT molecular complexity index is 1010. The van der Waals surface area contributed by atoms with Crippen LogP contribution in [0.15, 0.2) is 17.4 Å². The van der Waals surface area contributed by atoms with Crippen molar-refractivity contribution in [3.63, 3.8) is 0 Å². The fraction of sp³-hybridized carbons (Fsp3) is 0.312. The van der Waals surface area contributed by atoms with Crippen molar-refractivity contribution in [2.75, 3.05) is 5.43 Å². The zero-order valence-corrected chi connectivity index (χ0v) is 15.1. The standard InChI is InChI=1S/C16H17F3N8/c1-8-10(15(19)27(4)25-8)6-20-23-16-21-12(5-13(22-16)14(17)18)11-7-26(3)24-9(11)2/h5-7,14H,1-4H3,(H,21,22,23). The molecule has 0 radical (unpaired) electrons. The van der Waals surface area contributed by atoms with E-state index in [0.717, 1.165) is 4.68 Å². The summed E-state index contributed by atoms with van der Waals surface area (Å²) in [7, 11) is 3.19. The fourth-order valence-corrected chi connectivity index (χ4v) is 2.56. The van der Waals surface area contributed by atoms with Crippen LogP contribution in [0.3, 0.4) is 0 Å². The van der Waals surface area contributed by atoms with Crippen LogP contribution in [0.1, 0.15) is 29.1 Å². The Balaban J connectivity index is 1.93. The van der Waals surface area contributed by atoms with E-state index in [0.29, 0.717) is 17.0 Å². The van der Waals surface area contributed by atoms with Gasteiger partial charge in [0.2, 0.25) is 11.9 Å². The second kappa shape index (κ2) is 7.17. The first-order valence-corrected chi connectivity index (χ1v) is 7.92. The molecule has 0 fully saturated rings. The molecule has 142 valence electrons. The number of nitrogens with one attached hydrogen (secondary N) is 1. The first kappa shape index (κ1) is 18.5. The van der Waals surface area contributed by atoms with Gasteiger partial charge in [-0.25, -0.2) is 28.9 Å². The molecule has 0 atom stereocenters. The smallest absolute Gasteiger partial charge is 0.275 e. The number of alkyl halides is 2. The molecule has 11 heteroatoms. The van der Waals surface area contributed by atoms with Crippen molar-refractivity contribution < 1.29 is 13.2 Å². The molecule has 3 rings (SSSR count). The number of hydrogen-bond acceptors (Lipinski definition) is 6. The Labute approximate surface area is 152 Å². The third-order valence-corrected chi connectivity index (χ3v) is 3.81. The van der Waals surface area contributed by atoms with E-state index in [2.05, 4.69) is 30.7 Å². The molecule has 0 saturated heterocycles. The molecule has 0 aliphatic heterocycles. The summed E-state index contributed by atoms with van der Waals surface area (Å²) in [5, 5.41) is 12.0. The number of nitrogens with zero attached hydrogens (tertiary/aromatic N) is 7. The molecule has 0 amide bonds. The fourth-order valence-electron chi connectivity index (χ4n) is 2.56. The van der Waals surface area contributed by atoms with Gasteiger partial charge < -0.3 is 0 Å². The molecule has 0 spiro atoms. The largest absolute Gasteiger partial charge is 0.280 e. The molecule has 0 aliphatic carbocycles. The summed E-state index contributed by atoms with van der Waals surface area (Å²) in [5.74, 6) is -0.698. The maximum Gasteiger partial charge on any atom is 0.280 e. The first-order chi connectivity index (χ1) is 12.8. The molecular formula is C16H17F3N8. The van der Waals surface area contributed by atoms with Gasteiger partial charge in [-0.1, -0.05) is 0 Å². The lowest BCUT2D eigenvalue weighted by molar-refractivity contribution is 0.146. The predicted octanol–water partition coefficient (Wildman–Crippen LogP) is 2.75. The highest BCUT2D eigenvalue weighted by molar-refractivity contribution is 5.81. The van der Waals surface area contributed by atoms with Crippen LogP contribution >= 0.6 is 0 Å². The number of hydrogen-bond donors (Lipinski definition) is 1. The van der Waals surface area contributed by atoms with Gasteiger partial charge in [0.25, 0.3) is 6.43 Å². The van der Waals surface area contributed by atoms with Crippen molar-refractivity contribution in [1.29, 1.82) is 0 Å². The molecule has 3 heterocycles. The zero-order chi connectivity index (χ0) is 19.7. The van der Waals surface area contributed by atoms with Crippen LogP contribution in [-0.2, 0) is 14.1 Å². The molecule has 0 saturated carbocycles. The predicted molar refractivity (Wildman–Crippen MR) is 93.0 cm³/mol. The molecular weight excluding hydrogens is 361 g/mol. The Morgan fingerprint density at radius 2 is 1.89 bits per heavy atom. The Hall–Kier alpha value is -3.24. The van der Waals surface area contributed by atoms with E-state index in [1.807, 2.05) is 0 Å². The van der Waals surface area contributed by atoms with Crippen molar-refractivity contribution in [3.8, 4) is 11.3 Å². The van der Waals surface area contributed by atoms with Crippen LogP contribution in [0.4, 0.5) is 19.1 Å². The van der Waals surface area contributed by atoms with Crippen molar-refractivity contribution in [2.45, 2.75) is 20.3 Å². The number of anilines is 1. The van der Waals surface area contributed by atoms with Gasteiger partial charge in [-0.05, 0) is 19.9 Å². The summed E-state index contributed by atoms with van der Waals surface area (Å²) < 4.78 is 42.9. The summed E-state index contributed by atoms with van der Waals surface area (Å²) in [4.78, 5) is 7.95. The minimum Gasteiger partial charge on any atom is -0.275 e. The highest BCUT2D eigenvalue weighted by Gasteiger charge is 2.16. The number of rotatable bonds is 5. The Morgan fingerprint density at radius 1 is 1.15 bits per heavy atom. The van der Waals surface area contributed by atoms with Crippen LogP contribution in [0.2, 0.25) is 0 Å². The number of aromatic nitrogens is 6. The lowest BCUT2D eigenvalue weighted by atomic mass is 10.1. The SMILES string of the molecule is Cc1nn(C)cc1-c1cc(C(F)F)nc(NN=Cc2c(C)nn(C)c2F)n1. The van der Waals surface area contributed by atoms with Crippen LogP contribution in [0, 0.1) is 19.8 Å². The van der Waals surface area contributed by atoms with Gasteiger partial charge in [0, 0.05) is 25.9 Å². The molecule has 1 N–H and O–H groups in total. The zero-order valence-electron chi connectivity index (χ0n) is 15.1. The van der Waals surface area contributed by atoms with Gasteiger partial charge in [0.05, 0.1) is 28.9 Å². The van der Waals surface area contributed by atoms with Gasteiger partial charge in [-0.2, -0.15) is 19.7 Å². The molecule has 0 aliphatic rings. The number of hydrazone groups is 1. The van der Waals surface area contributed by atoms with E-state index >= 15 is 0 Å². The molecule has 0 bridgehead atoms. The average Bonchev–Trinajstić information content (AvgIpc) is 3.07. The summed E-state index contributed by atoms with van der Waals surface area (Å²) in [6.07, 6.45) is 0.0886. The minimum absolute atomic E-state index is 0.135. The minimum atomic E-state index is -2.79. The van der Waals surface area contributed by atoms with E-state index in [4.69, 9.17) is 0 Å². The highest BCUT2D eigenvalue weighted by atomic mass is 19.3. The van der Waals surface area contributed by atoms with Gasteiger partial charge in [-0.3, -0.25) is 4.68 Å². The highest BCUT2D eigenvalue weighted by Crippen LogP contribution is 2.26. The van der Waals surface area contributed by atoms with E-state index in [9.17, 15) is 13.2 Å². The van der Waals surface area contributed by atoms with Gasteiger partial charge in [-0.15, -0.1) is 0 Å². The third kappa shape index (κ3) is 3.81.